The fourth-order valence-corrected chi connectivity index (χ4v) is 4.31. The summed E-state index contributed by atoms with van der Waals surface area (Å²) in [5.74, 6) is 1.53. The monoisotopic (exact) mass is 482 g/mol. The molecule has 0 spiro atoms. The molecule has 1 aliphatic rings. The van der Waals surface area contributed by atoms with Crippen LogP contribution in [0.3, 0.4) is 0 Å². The Morgan fingerprint density at radius 3 is 2.66 bits per heavy atom. The molecule has 3 N–H and O–H groups in total. The molecule has 164 valence electrons. The number of nitrogens with one attached hydrogen (secondary N) is 1. The van der Waals surface area contributed by atoms with E-state index in [1.54, 1.807) is 6.20 Å². The quantitative estimate of drug-likeness (QED) is 0.218. The normalized spacial score (nSPS) is 16.2. The molecule has 0 radical (unpaired) electrons. The summed E-state index contributed by atoms with van der Waals surface area (Å²) >= 11 is 8.86. The maximum Gasteiger partial charge on any atom is 0.225 e. The summed E-state index contributed by atoms with van der Waals surface area (Å²) in [5, 5.41) is 13.2. The molecule has 4 rings (SSSR count). The highest BCUT2D eigenvalue weighted by atomic mass is 35.5. The number of aromatic nitrogens is 1. The van der Waals surface area contributed by atoms with Gasteiger partial charge in [0.2, 0.25) is 5.96 Å². The van der Waals surface area contributed by atoms with Crippen molar-refractivity contribution in [1.29, 1.82) is 0 Å². The van der Waals surface area contributed by atoms with Crippen molar-refractivity contribution in [2.75, 3.05) is 18.8 Å². The molecule has 9 heteroatoms. The zero-order valence-corrected chi connectivity index (χ0v) is 19.7. The first-order valence-corrected chi connectivity index (χ1v) is 12.3. The van der Waals surface area contributed by atoms with Gasteiger partial charge in [0.25, 0.3) is 0 Å². The Kier molecular flexibility index (Phi) is 8.06. The van der Waals surface area contributed by atoms with Gasteiger partial charge in [-0.05, 0) is 47.3 Å². The van der Waals surface area contributed by atoms with E-state index in [-0.39, 0.29) is 5.92 Å². The van der Waals surface area contributed by atoms with Crippen LogP contribution in [0.25, 0.3) is 0 Å². The van der Waals surface area contributed by atoms with Gasteiger partial charge in [-0.25, -0.2) is 10.0 Å². The van der Waals surface area contributed by atoms with Crippen LogP contribution in [-0.4, -0.2) is 40.5 Å². The smallest absolute Gasteiger partial charge is 0.225 e. The Balaban J connectivity index is 1.63. The van der Waals surface area contributed by atoms with Crippen LogP contribution in [0.4, 0.5) is 0 Å². The van der Waals surface area contributed by atoms with Crippen LogP contribution in [0.15, 0.2) is 94.1 Å². The number of hydrogen-bond acceptors (Lipinski definition) is 6. The fourth-order valence-electron chi connectivity index (χ4n) is 3.34. The lowest BCUT2D eigenvalue weighted by Crippen LogP contribution is -2.34. The number of benzene rings is 2. The van der Waals surface area contributed by atoms with E-state index in [1.165, 1.54) is 29.5 Å². The molecule has 0 bridgehead atoms. The highest BCUT2D eigenvalue weighted by Gasteiger charge is 2.31. The van der Waals surface area contributed by atoms with Crippen molar-refractivity contribution in [3.05, 3.63) is 95.3 Å². The molecular weight excluding hydrogens is 460 g/mol. The van der Waals surface area contributed by atoms with Gasteiger partial charge in [0.1, 0.15) is 0 Å². The van der Waals surface area contributed by atoms with Gasteiger partial charge in [-0.15, -0.1) is 0 Å². The van der Waals surface area contributed by atoms with Gasteiger partial charge < -0.3 is 0 Å². The standard InChI is InChI=1S/C23H23ClN6S2/c24-19-10-8-18(9-11-19)22-21(17-5-2-1-3-6-17)16-30(28-22)23(27-13-14-31-25)29-32-20-7-4-12-26-15-20/h1-12,15,21H,13-14,16,25H2,(H,27,29). The van der Waals surface area contributed by atoms with E-state index >= 15 is 0 Å². The summed E-state index contributed by atoms with van der Waals surface area (Å²) in [7, 11) is 0. The first-order chi connectivity index (χ1) is 15.7. The zero-order valence-electron chi connectivity index (χ0n) is 17.3. The van der Waals surface area contributed by atoms with Crippen LogP contribution in [0.1, 0.15) is 17.0 Å². The third-order valence-corrected chi connectivity index (χ3v) is 6.30. The molecule has 1 atom stereocenters. The lowest BCUT2D eigenvalue weighted by molar-refractivity contribution is 0.464. The molecule has 1 unspecified atom stereocenters. The second kappa shape index (κ2) is 11.4. The Bertz CT molecular complexity index is 1060. The minimum atomic E-state index is 0.108. The van der Waals surface area contributed by atoms with E-state index in [1.807, 2.05) is 53.7 Å². The third kappa shape index (κ3) is 5.83. The molecule has 2 aromatic carbocycles. The lowest BCUT2D eigenvalue weighted by atomic mass is 9.91. The number of nitrogens with zero attached hydrogens (tertiary/aromatic N) is 4. The molecule has 32 heavy (non-hydrogen) atoms. The van der Waals surface area contributed by atoms with Crippen LogP contribution < -0.4 is 9.86 Å². The lowest BCUT2D eigenvalue weighted by Gasteiger charge is -2.19. The Morgan fingerprint density at radius 1 is 1.12 bits per heavy atom. The second-order valence-corrected chi connectivity index (χ2v) is 9.06. The van der Waals surface area contributed by atoms with E-state index in [9.17, 15) is 0 Å². The third-order valence-electron chi connectivity index (χ3n) is 4.87. The summed E-state index contributed by atoms with van der Waals surface area (Å²) in [5.41, 5.74) is 3.24. The van der Waals surface area contributed by atoms with Gasteiger partial charge in [0, 0.05) is 34.0 Å². The number of hydrogen-bond donors (Lipinski definition) is 2. The number of aliphatic imine (C=N–C) groups is 1. The molecule has 6 nitrogen and oxygen atoms in total. The van der Waals surface area contributed by atoms with Gasteiger partial charge in [0.15, 0.2) is 0 Å². The summed E-state index contributed by atoms with van der Waals surface area (Å²) in [6.45, 7) is 1.27. The van der Waals surface area contributed by atoms with E-state index in [2.05, 4.69) is 34.0 Å². The van der Waals surface area contributed by atoms with E-state index in [0.29, 0.717) is 24.1 Å². The van der Waals surface area contributed by atoms with Gasteiger partial charge in [-0.2, -0.15) is 5.10 Å². The number of hydrazone groups is 1. The average molecular weight is 483 g/mol. The molecule has 3 aromatic rings. The number of rotatable bonds is 7. The first-order valence-electron chi connectivity index (χ1n) is 10.1. The van der Waals surface area contributed by atoms with Crippen LogP contribution in [0.5, 0.6) is 0 Å². The van der Waals surface area contributed by atoms with Crippen molar-refractivity contribution in [2.45, 2.75) is 10.8 Å². The van der Waals surface area contributed by atoms with Crippen LogP contribution in [-0.2, 0) is 0 Å². The Hall–Kier alpha value is -2.52. The molecular formula is C23H23ClN6S2. The molecule has 1 aliphatic heterocycles. The highest BCUT2D eigenvalue weighted by Crippen LogP contribution is 2.29. The predicted molar refractivity (Wildman–Crippen MR) is 136 cm³/mol. The summed E-state index contributed by atoms with van der Waals surface area (Å²) in [6.07, 6.45) is 3.56. The molecule has 0 amide bonds. The van der Waals surface area contributed by atoms with Crippen LogP contribution >= 0.6 is 35.5 Å². The summed E-state index contributed by atoms with van der Waals surface area (Å²) < 4.78 is 3.36. The van der Waals surface area contributed by atoms with Crippen LogP contribution in [0.2, 0.25) is 5.02 Å². The van der Waals surface area contributed by atoms with E-state index in [4.69, 9.17) is 26.8 Å². The average Bonchev–Trinajstić information content (AvgIpc) is 3.28. The molecule has 2 heterocycles. The van der Waals surface area contributed by atoms with Crippen molar-refractivity contribution in [3.8, 4) is 0 Å². The van der Waals surface area contributed by atoms with Gasteiger partial charge in [-0.1, -0.05) is 66.0 Å². The fraction of sp³-hybridized carbons (Fsp3) is 0.174. The topological polar surface area (TPSA) is 78.9 Å². The van der Waals surface area contributed by atoms with Crippen molar-refractivity contribution < 1.29 is 0 Å². The Morgan fingerprint density at radius 2 is 1.94 bits per heavy atom. The molecule has 0 saturated carbocycles. The number of pyridine rings is 1. The predicted octanol–water partition coefficient (Wildman–Crippen LogP) is 4.80. The molecule has 0 fully saturated rings. The van der Waals surface area contributed by atoms with Crippen molar-refractivity contribution in [1.82, 2.24) is 14.7 Å². The van der Waals surface area contributed by atoms with Crippen molar-refractivity contribution >= 4 is 47.2 Å². The number of nitrogens with two attached hydrogens (primary N) is 1. The van der Waals surface area contributed by atoms with Gasteiger partial charge in [0.05, 0.1) is 18.8 Å². The maximum atomic E-state index is 6.12. The minimum absolute atomic E-state index is 0.108. The van der Waals surface area contributed by atoms with Gasteiger partial charge >= 0.3 is 0 Å². The SMILES string of the molecule is NSCCN=C(NSc1cccnc1)N1CC(c2ccccc2)C(c2ccc(Cl)cc2)=N1. The summed E-state index contributed by atoms with van der Waals surface area (Å²) in [4.78, 5) is 9.91. The molecule has 1 aromatic heterocycles. The maximum absolute atomic E-state index is 6.12. The first kappa shape index (κ1) is 22.7. The van der Waals surface area contributed by atoms with Crippen LogP contribution in [0, 0.1) is 0 Å². The molecule has 0 saturated heterocycles. The summed E-state index contributed by atoms with van der Waals surface area (Å²) in [6, 6.07) is 22.1. The van der Waals surface area contributed by atoms with Gasteiger partial charge in [-0.3, -0.25) is 14.8 Å². The van der Waals surface area contributed by atoms with Crippen molar-refractivity contribution in [2.24, 2.45) is 15.2 Å². The largest absolute Gasteiger partial charge is 0.295 e. The Labute approximate surface area is 201 Å². The second-order valence-electron chi connectivity index (χ2n) is 7.01. The number of halogens is 1. The van der Waals surface area contributed by atoms with E-state index < -0.39 is 0 Å². The zero-order chi connectivity index (χ0) is 22.2. The van der Waals surface area contributed by atoms with E-state index in [0.717, 1.165) is 21.9 Å². The van der Waals surface area contributed by atoms with Crippen molar-refractivity contribution in [3.63, 3.8) is 0 Å². The molecule has 0 aliphatic carbocycles. The number of guanidine groups is 1. The minimum Gasteiger partial charge on any atom is -0.295 e. The highest BCUT2D eigenvalue weighted by molar-refractivity contribution is 7.98.